The Balaban J connectivity index is 2.29. The molecule has 0 spiro atoms. The van der Waals surface area contributed by atoms with Crippen molar-refractivity contribution in [2.24, 2.45) is 0 Å². The standard InChI is InChI=1S/C7H10N2O2S/c1-5(10)11-3-2-6-4-9-7(8)12-6/h4H,2-3H2,1H3,(H2,8,9). The van der Waals surface area contributed by atoms with Crippen LogP contribution in [0.2, 0.25) is 0 Å². The maximum atomic E-state index is 10.4. The smallest absolute Gasteiger partial charge is 0.302 e. The Morgan fingerprint density at radius 2 is 2.58 bits per heavy atom. The summed E-state index contributed by atoms with van der Waals surface area (Å²) in [6.07, 6.45) is 2.39. The largest absolute Gasteiger partial charge is 0.465 e. The van der Waals surface area contributed by atoms with Gasteiger partial charge in [0.25, 0.3) is 0 Å². The lowest BCUT2D eigenvalue weighted by atomic mass is 10.4. The highest BCUT2D eigenvalue weighted by molar-refractivity contribution is 7.15. The summed E-state index contributed by atoms with van der Waals surface area (Å²) in [4.78, 5) is 15.3. The van der Waals surface area contributed by atoms with Gasteiger partial charge in [-0.1, -0.05) is 0 Å². The Kier molecular flexibility index (Phi) is 3.04. The van der Waals surface area contributed by atoms with Gasteiger partial charge in [-0.05, 0) is 0 Å². The third-order valence-electron chi connectivity index (χ3n) is 1.23. The molecule has 0 fully saturated rings. The first-order chi connectivity index (χ1) is 5.68. The van der Waals surface area contributed by atoms with Crippen LogP contribution in [-0.4, -0.2) is 17.6 Å². The molecule has 0 bridgehead atoms. The van der Waals surface area contributed by atoms with Crippen LogP contribution < -0.4 is 5.73 Å². The zero-order valence-electron chi connectivity index (χ0n) is 6.74. The van der Waals surface area contributed by atoms with Crippen LogP contribution in [0.15, 0.2) is 6.20 Å². The summed E-state index contributed by atoms with van der Waals surface area (Å²) < 4.78 is 4.75. The minimum absolute atomic E-state index is 0.257. The van der Waals surface area contributed by atoms with Crippen LogP contribution in [0.5, 0.6) is 0 Å². The first-order valence-corrected chi connectivity index (χ1v) is 4.33. The molecule has 0 aliphatic carbocycles. The van der Waals surface area contributed by atoms with Crippen LogP contribution in [0.25, 0.3) is 0 Å². The first kappa shape index (κ1) is 8.99. The van der Waals surface area contributed by atoms with Crippen LogP contribution in [0.3, 0.4) is 0 Å². The summed E-state index contributed by atoms with van der Waals surface area (Å²) in [5.74, 6) is -0.257. The highest BCUT2D eigenvalue weighted by Gasteiger charge is 1.99. The van der Waals surface area contributed by atoms with Gasteiger partial charge in [0, 0.05) is 24.4 Å². The summed E-state index contributed by atoms with van der Waals surface area (Å²) in [5, 5.41) is 0.549. The van der Waals surface area contributed by atoms with Gasteiger partial charge in [0.15, 0.2) is 5.13 Å². The molecule has 0 aliphatic rings. The summed E-state index contributed by atoms with van der Waals surface area (Å²) in [6.45, 7) is 1.79. The molecule has 0 aromatic carbocycles. The van der Waals surface area contributed by atoms with E-state index >= 15 is 0 Å². The molecular weight excluding hydrogens is 176 g/mol. The van der Waals surface area contributed by atoms with E-state index in [1.807, 2.05) is 0 Å². The molecule has 0 aliphatic heterocycles. The number of nitrogen functional groups attached to an aromatic ring is 1. The Hall–Kier alpha value is -1.10. The Morgan fingerprint density at radius 3 is 3.08 bits per heavy atom. The fourth-order valence-corrected chi connectivity index (χ4v) is 1.40. The second-order valence-electron chi connectivity index (χ2n) is 2.25. The predicted octanol–water partition coefficient (Wildman–Crippen LogP) is 0.831. The number of nitrogens with two attached hydrogens (primary N) is 1. The Bertz CT molecular complexity index is 272. The lowest BCUT2D eigenvalue weighted by Crippen LogP contribution is -2.02. The van der Waals surface area contributed by atoms with E-state index in [4.69, 9.17) is 10.5 Å². The summed E-state index contributed by atoms with van der Waals surface area (Å²) in [6, 6.07) is 0. The molecule has 5 heteroatoms. The van der Waals surface area contributed by atoms with Gasteiger partial charge in [-0.3, -0.25) is 4.79 Å². The number of thiazole rings is 1. The van der Waals surface area contributed by atoms with Crippen LogP contribution in [0.4, 0.5) is 5.13 Å². The number of hydrogen-bond acceptors (Lipinski definition) is 5. The van der Waals surface area contributed by atoms with Crippen LogP contribution >= 0.6 is 11.3 Å². The zero-order valence-corrected chi connectivity index (χ0v) is 7.56. The molecule has 1 aromatic heterocycles. The van der Waals surface area contributed by atoms with Crippen LogP contribution in [-0.2, 0) is 16.0 Å². The highest BCUT2D eigenvalue weighted by atomic mass is 32.1. The van der Waals surface area contributed by atoms with E-state index in [0.29, 0.717) is 18.2 Å². The molecule has 4 nitrogen and oxygen atoms in total. The lowest BCUT2D eigenvalue weighted by Gasteiger charge is -1.97. The summed E-state index contributed by atoms with van der Waals surface area (Å²) >= 11 is 1.41. The zero-order chi connectivity index (χ0) is 8.97. The van der Waals surface area contributed by atoms with E-state index in [1.165, 1.54) is 18.3 Å². The van der Waals surface area contributed by atoms with E-state index in [2.05, 4.69) is 4.98 Å². The molecule has 12 heavy (non-hydrogen) atoms. The van der Waals surface area contributed by atoms with Gasteiger partial charge >= 0.3 is 5.97 Å². The van der Waals surface area contributed by atoms with Crippen molar-refractivity contribution in [3.63, 3.8) is 0 Å². The average Bonchev–Trinajstić information content (AvgIpc) is 2.35. The monoisotopic (exact) mass is 186 g/mol. The predicted molar refractivity (Wildman–Crippen MR) is 46.9 cm³/mol. The highest BCUT2D eigenvalue weighted by Crippen LogP contribution is 2.14. The van der Waals surface area contributed by atoms with Gasteiger partial charge in [-0.25, -0.2) is 4.98 Å². The molecule has 0 amide bonds. The lowest BCUT2D eigenvalue weighted by molar-refractivity contribution is -0.140. The molecular formula is C7H10N2O2S. The van der Waals surface area contributed by atoms with Crippen molar-refractivity contribution in [2.45, 2.75) is 13.3 Å². The van der Waals surface area contributed by atoms with Crippen molar-refractivity contribution >= 4 is 22.4 Å². The van der Waals surface area contributed by atoms with Crippen molar-refractivity contribution in [2.75, 3.05) is 12.3 Å². The number of hydrogen-bond donors (Lipinski definition) is 1. The van der Waals surface area contributed by atoms with Gasteiger partial charge in [-0.2, -0.15) is 0 Å². The van der Waals surface area contributed by atoms with E-state index in [1.54, 1.807) is 6.20 Å². The van der Waals surface area contributed by atoms with Crippen LogP contribution in [0, 0.1) is 0 Å². The van der Waals surface area contributed by atoms with Gasteiger partial charge < -0.3 is 10.5 Å². The molecule has 0 atom stereocenters. The summed E-state index contributed by atoms with van der Waals surface area (Å²) in [5.41, 5.74) is 5.41. The molecule has 0 radical (unpaired) electrons. The molecule has 66 valence electrons. The topological polar surface area (TPSA) is 65.2 Å². The second kappa shape index (κ2) is 4.06. The summed E-state index contributed by atoms with van der Waals surface area (Å²) in [7, 11) is 0. The van der Waals surface area contributed by atoms with Crippen molar-refractivity contribution in [3.8, 4) is 0 Å². The number of ether oxygens (including phenoxy) is 1. The number of anilines is 1. The average molecular weight is 186 g/mol. The number of carbonyl (C=O) groups is 1. The minimum Gasteiger partial charge on any atom is -0.465 e. The Morgan fingerprint density at radius 1 is 1.83 bits per heavy atom. The van der Waals surface area contributed by atoms with Crippen molar-refractivity contribution < 1.29 is 9.53 Å². The Labute approximate surface area is 74.4 Å². The maximum Gasteiger partial charge on any atom is 0.302 e. The first-order valence-electron chi connectivity index (χ1n) is 3.52. The maximum absolute atomic E-state index is 10.4. The molecule has 0 saturated heterocycles. The van der Waals surface area contributed by atoms with Gasteiger partial charge in [-0.15, -0.1) is 11.3 Å². The molecule has 0 saturated carbocycles. The second-order valence-corrected chi connectivity index (χ2v) is 3.40. The van der Waals surface area contributed by atoms with Gasteiger partial charge in [0.1, 0.15) is 0 Å². The third kappa shape index (κ3) is 2.87. The third-order valence-corrected chi connectivity index (χ3v) is 2.11. The van der Waals surface area contributed by atoms with Gasteiger partial charge in [0.2, 0.25) is 0 Å². The quantitative estimate of drug-likeness (QED) is 0.710. The van der Waals surface area contributed by atoms with E-state index in [9.17, 15) is 4.79 Å². The SMILES string of the molecule is CC(=O)OCCc1cnc(N)s1. The number of nitrogens with zero attached hydrogens (tertiary/aromatic N) is 1. The van der Waals surface area contributed by atoms with Crippen molar-refractivity contribution in [1.82, 2.24) is 4.98 Å². The molecule has 2 N–H and O–H groups in total. The number of carbonyl (C=O) groups excluding carboxylic acids is 1. The van der Waals surface area contributed by atoms with Crippen molar-refractivity contribution in [1.29, 1.82) is 0 Å². The van der Waals surface area contributed by atoms with Gasteiger partial charge in [0.05, 0.1) is 6.61 Å². The minimum atomic E-state index is -0.257. The fraction of sp³-hybridized carbons (Fsp3) is 0.429. The van der Waals surface area contributed by atoms with E-state index < -0.39 is 0 Å². The molecule has 0 unspecified atom stereocenters. The normalized spacial score (nSPS) is 9.75. The number of rotatable bonds is 3. The molecule has 1 heterocycles. The fourth-order valence-electron chi connectivity index (χ4n) is 0.734. The van der Waals surface area contributed by atoms with E-state index in [-0.39, 0.29) is 5.97 Å². The van der Waals surface area contributed by atoms with Crippen LogP contribution in [0.1, 0.15) is 11.8 Å². The number of esters is 1. The van der Waals surface area contributed by atoms with E-state index in [0.717, 1.165) is 4.88 Å². The molecule has 1 rings (SSSR count). The van der Waals surface area contributed by atoms with Crippen molar-refractivity contribution in [3.05, 3.63) is 11.1 Å². The number of aromatic nitrogens is 1. The molecule has 1 aromatic rings.